The van der Waals surface area contributed by atoms with Crippen LogP contribution in [0.5, 0.6) is 0 Å². The fourth-order valence-corrected chi connectivity index (χ4v) is 1.54. The van der Waals surface area contributed by atoms with Gasteiger partial charge < -0.3 is 16.2 Å². The maximum atomic E-state index is 11.3. The van der Waals surface area contributed by atoms with Crippen molar-refractivity contribution in [3.63, 3.8) is 0 Å². The quantitative estimate of drug-likeness (QED) is 0.726. The second-order valence-corrected chi connectivity index (χ2v) is 4.52. The molecule has 4 N–H and O–H groups in total. The van der Waals surface area contributed by atoms with Crippen LogP contribution in [-0.2, 0) is 4.79 Å². The number of carbonyl (C=O) groups excluding carboxylic acids is 1. The van der Waals surface area contributed by atoms with Crippen LogP contribution in [0.3, 0.4) is 0 Å². The molecule has 0 aliphatic rings. The van der Waals surface area contributed by atoms with Crippen LogP contribution in [0.1, 0.15) is 17.3 Å². The van der Waals surface area contributed by atoms with Crippen molar-refractivity contribution in [2.24, 2.45) is 5.73 Å². The van der Waals surface area contributed by atoms with E-state index in [1.165, 1.54) is 13.0 Å². The molecule has 0 bridgehead atoms. The molecular formula is C10H11IN2O3. The van der Waals surface area contributed by atoms with Crippen LogP contribution < -0.4 is 11.1 Å². The minimum atomic E-state index is -1.08. The maximum absolute atomic E-state index is 11.3. The lowest BCUT2D eigenvalue weighted by atomic mass is 10.1. The highest BCUT2D eigenvalue weighted by Gasteiger charge is 2.14. The van der Waals surface area contributed by atoms with Crippen LogP contribution in [0, 0.1) is 3.57 Å². The third kappa shape index (κ3) is 3.17. The molecule has 1 unspecified atom stereocenters. The molecule has 1 atom stereocenters. The summed E-state index contributed by atoms with van der Waals surface area (Å²) < 4.78 is 0.786. The standard InChI is InChI=1S/C10H11IN2O3/c1-5(12)9(14)13-8-3-2-6(11)4-7(8)10(15)16/h2-5H,12H2,1H3,(H,13,14)(H,15,16). The minimum absolute atomic E-state index is 0.0564. The highest BCUT2D eigenvalue weighted by atomic mass is 127. The molecule has 0 radical (unpaired) electrons. The largest absolute Gasteiger partial charge is 0.478 e. The van der Waals surface area contributed by atoms with Gasteiger partial charge >= 0.3 is 5.97 Å². The molecule has 1 rings (SSSR count). The van der Waals surface area contributed by atoms with Gasteiger partial charge in [-0.3, -0.25) is 4.79 Å². The molecule has 1 aromatic carbocycles. The zero-order chi connectivity index (χ0) is 12.3. The molecule has 0 saturated carbocycles. The lowest BCUT2D eigenvalue weighted by molar-refractivity contribution is -0.117. The molecule has 1 aromatic rings. The number of benzene rings is 1. The third-order valence-electron chi connectivity index (χ3n) is 1.88. The molecule has 6 heteroatoms. The first-order chi connectivity index (χ1) is 7.41. The first kappa shape index (κ1) is 12.9. The fourth-order valence-electron chi connectivity index (χ4n) is 1.05. The summed E-state index contributed by atoms with van der Waals surface area (Å²) in [6.07, 6.45) is 0. The van der Waals surface area contributed by atoms with Crippen molar-refractivity contribution in [1.82, 2.24) is 0 Å². The van der Waals surface area contributed by atoms with E-state index < -0.39 is 17.9 Å². The molecule has 0 fully saturated rings. The Hall–Kier alpha value is -1.15. The van der Waals surface area contributed by atoms with Gasteiger partial charge in [0.2, 0.25) is 5.91 Å². The Morgan fingerprint density at radius 2 is 2.12 bits per heavy atom. The van der Waals surface area contributed by atoms with Crippen LogP contribution in [0.2, 0.25) is 0 Å². The number of nitrogens with one attached hydrogen (secondary N) is 1. The number of carboxylic acids is 1. The topological polar surface area (TPSA) is 92.4 Å². The second kappa shape index (κ2) is 5.26. The number of amides is 1. The Bertz CT molecular complexity index is 432. The monoisotopic (exact) mass is 334 g/mol. The van der Waals surface area contributed by atoms with E-state index >= 15 is 0 Å². The number of hydrogen-bond acceptors (Lipinski definition) is 3. The Morgan fingerprint density at radius 1 is 1.50 bits per heavy atom. The van der Waals surface area contributed by atoms with Crippen molar-refractivity contribution in [2.45, 2.75) is 13.0 Å². The average Bonchev–Trinajstić information content (AvgIpc) is 2.20. The lowest BCUT2D eigenvalue weighted by Gasteiger charge is -2.10. The van der Waals surface area contributed by atoms with Gasteiger partial charge in [-0.2, -0.15) is 0 Å². The summed E-state index contributed by atoms with van der Waals surface area (Å²) in [5.74, 6) is -1.50. The zero-order valence-electron chi connectivity index (χ0n) is 8.53. The summed E-state index contributed by atoms with van der Waals surface area (Å²) in [5, 5.41) is 11.4. The number of nitrogens with two attached hydrogens (primary N) is 1. The minimum Gasteiger partial charge on any atom is -0.478 e. The first-order valence-electron chi connectivity index (χ1n) is 4.51. The number of rotatable bonds is 3. The van der Waals surface area contributed by atoms with Crippen molar-refractivity contribution in [1.29, 1.82) is 0 Å². The number of anilines is 1. The molecule has 5 nitrogen and oxygen atoms in total. The van der Waals surface area contributed by atoms with E-state index in [2.05, 4.69) is 5.32 Å². The molecule has 0 spiro atoms. The van der Waals surface area contributed by atoms with Crippen molar-refractivity contribution in [3.05, 3.63) is 27.3 Å². The van der Waals surface area contributed by atoms with E-state index in [1.807, 2.05) is 22.6 Å². The predicted molar refractivity (Wildman–Crippen MR) is 68.4 cm³/mol. The summed E-state index contributed by atoms with van der Waals surface area (Å²) in [6, 6.07) is 4.07. The number of carbonyl (C=O) groups is 2. The summed E-state index contributed by atoms with van der Waals surface area (Å²) in [4.78, 5) is 22.3. The van der Waals surface area contributed by atoms with Crippen molar-refractivity contribution in [3.8, 4) is 0 Å². The van der Waals surface area contributed by atoms with Gasteiger partial charge in [0.25, 0.3) is 0 Å². The summed E-state index contributed by atoms with van der Waals surface area (Å²) in [5.41, 5.74) is 5.69. The molecule has 86 valence electrons. The van der Waals surface area contributed by atoms with Gasteiger partial charge in [-0.15, -0.1) is 0 Å². The Kier molecular flexibility index (Phi) is 4.25. The van der Waals surface area contributed by atoms with Gasteiger partial charge in [0.05, 0.1) is 17.3 Å². The molecule has 16 heavy (non-hydrogen) atoms. The predicted octanol–water partition coefficient (Wildman–Crippen LogP) is 1.28. The van der Waals surface area contributed by atoms with E-state index in [0.29, 0.717) is 0 Å². The van der Waals surface area contributed by atoms with Gasteiger partial charge in [0.1, 0.15) is 0 Å². The smallest absolute Gasteiger partial charge is 0.337 e. The van der Waals surface area contributed by atoms with Crippen LogP contribution in [-0.4, -0.2) is 23.0 Å². The summed E-state index contributed by atoms with van der Waals surface area (Å²) >= 11 is 2.00. The summed E-state index contributed by atoms with van der Waals surface area (Å²) in [7, 11) is 0. The van der Waals surface area contributed by atoms with E-state index in [9.17, 15) is 9.59 Å². The Labute approximate surface area is 106 Å². The fraction of sp³-hybridized carbons (Fsp3) is 0.200. The Morgan fingerprint density at radius 3 is 2.62 bits per heavy atom. The molecule has 0 saturated heterocycles. The van der Waals surface area contributed by atoms with Crippen LogP contribution in [0.15, 0.2) is 18.2 Å². The van der Waals surface area contributed by atoms with Crippen molar-refractivity contribution < 1.29 is 14.7 Å². The number of halogens is 1. The molecule has 1 amide bonds. The van der Waals surface area contributed by atoms with Gasteiger partial charge in [0, 0.05) is 3.57 Å². The molecular weight excluding hydrogens is 323 g/mol. The van der Waals surface area contributed by atoms with E-state index in [-0.39, 0.29) is 11.3 Å². The molecule has 0 heterocycles. The van der Waals surface area contributed by atoms with Gasteiger partial charge in [-0.05, 0) is 47.7 Å². The third-order valence-corrected chi connectivity index (χ3v) is 2.55. The molecule has 0 aliphatic heterocycles. The number of carboxylic acid groups (broad SMARTS) is 1. The number of aromatic carboxylic acids is 1. The van der Waals surface area contributed by atoms with Gasteiger partial charge in [0.15, 0.2) is 0 Å². The van der Waals surface area contributed by atoms with Crippen LogP contribution in [0.25, 0.3) is 0 Å². The molecule has 0 aliphatic carbocycles. The van der Waals surface area contributed by atoms with Crippen molar-refractivity contribution in [2.75, 3.05) is 5.32 Å². The normalized spacial score (nSPS) is 11.9. The van der Waals surface area contributed by atoms with Gasteiger partial charge in [-0.1, -0.05) is 0 Å². The highest BCUT2D eigenvalue weighted by molar-refractivity contribution is 14.1. The Balaban J connectivity index is 3.04. The summed E-state index contributed by atoms with van der Waals surface area (Å²) in [6.45, 7) is 1.53. The van der Waals surface area contributed by atoms with Crippen LogP contribution in [0.4, 0.5) is 5.69 Å². The van der Waals surface area contributed by atoms with E-state index in [4.69, 9.17) is 10.8 Å². The number of hydrogen-bond donors (Lipinski definition) is 3. The second-order valence-electron chi connectivity index (χ2n) is 3.27. The lowest BCUT2D eigenvalue weighted by Crippen LogP contribution is -2.33. The zero-order valence-corrected chi connectivity index (χ0v) is 10.7. The van der Waals surface area contributed by atoms with Crippen LogP contribution >= 0.6 is 22.6 Å². The highest BCUT2D eigenvalue weighted by Crippen LogP contribution is 2.19. The molecule has 0 aromatic heterocycles. The SMILES string of the molecule is CC(N)C(=O)Nc1ccc(I)cc1C(=O)O. The van der Waals surface area contributed by atoms with Gasteiger partial charge in [-0.25, -0.2) is 4.79 Å². The van der Waals surface area contributed by atoms with E-state index in [0.717, 1.165) is 3.57 Å². The average molecular weight is 334 g/mol. The maximum Gasteiger partial charge on any atom is 0.337 e. The van der Waals surface area contributed by atoms with Crippen molar-refractivity contribution >= 4 is 40.2 Å². The first-order valence-corrected chi connectivity index (χ1v) is 5.59. The van der Waals surface area contributed by atoms with E-state index in [1.54, 1.807) is 12.1 Å².